The quantitative estimate of drug-likeness (QED) is 0.702. The maximum atomic E-state index is 13.2. The zero-order valence-corrected chi connectivity index (χ0v) is 19.0. The fraction of sp³-hybridized carbons (Fsp3) is 0.450. The molecule has 1 unspecified atom stereocenters. The van der Waals surface area contributed by atoms with E-state index in [0.717, 1.165) is 27.0 Å². The van der Waals surface area contributed by atoms with E-state index >= 15 is 0 Å². The van der Waals surface area contributed by atoms with Gasteiger partial charge in [0.25, 0.3) is 0 Å². The Morgan fingerprint density at radius 1 is 1.28 bits per heavy atom. The maximum absolute atomic E-state index is 13.2. The lowest BCUT2D eigenvalue weighted by Crippen LogP contribution is -2.43. The van der Waals surface area contributed by atoms with Crippen LogP contribution >= 0.6 is 11.3 Å². The average Bonchev–Trinajstić information content (AvgIpc) is 3.41. The predicted octanol–water partition coefficient (Wildman–Crippen LogP) is 2.59. The summed E-state index contributed by atoms with van der Waals surface area (Å²) in [5.41, 5.74) is 0.813. The number of fused-ring (bicyclic) bond motifs is 1. The number of thiazole rings is 1. The van der Waals surface area contributed by atoms with Crippen LogP contribution in [0.4, 0.5) is 14.3 Å². The number of anilines is 1. The van der Waals surface area contributed by atoms with Gasteiger partial charge < -0.3 is 15.0 Å². The number of carbonyl (C=O) groups excluding carboxylic acids is 2. The molecule has 1 saturated heterocycles. The number of nitrogens with one attached hydrogen (secondary N) is 1. The highest BCUT2D eigenvalue weighted by Gasteiger charge is 2.40. The highest BCUT2D eigenvalue weighted by Crippen LogP contribution is 2.31. The van der Waals surface area contributed by atoms with E-state index in [1.54, 1.807) is 11.8 Å². The minimum atomic E-state index is -3.94. The Labute approximate surface area is 189 Å². The van der Waals surface area contributed by atoms with Crippen molar-refractivity contribution in [1.29, 1.82) is 0 Å². The van der Waals surface area contributed by atoms with Crippen molar-refractivity contribution in [3.63, 3.8) is 0 Å². The predicted molar refractivity (Wildman–Crippen MR) is 115 cm³/mol. The lowest BCUT2D eigenvalue weighted by Gasteiger charge is -2.24. The van der Waals surface area contributed by atoms with Gasteiger partial charge in [-0.3, -0.25) is 4.79 Å². The molecule has 32 heavy (non-hydrogen) atoms. The Morgan fingerprint density at radius 3 is 2.75 bits per heavy atom. The normalized spacial score (nSPS) is 18.9. The van der Waals surface area contributed by atoms with E-state index in [1.807, 2.05) is 0 Å². The second kappa shape index (κ2) is 9.12. The highest BCUT2D eigenvalue weighted by atomic mass is 32.2. The van der Waals surface area contributed by atoms with E-state index in [1.165, 1.54) is 23.5 Å². The number of hydrogen-bond donors (Lipinski definition) is 1. The third-order valence-electron chi connectivity index (χ3n) is 5.41. The smallest absolute Gasteiger partial charge is 0.410 e. The number of rotatable bonds is 5. The van der Waals surface area contributed by atoms with Crippen LogP contribution in [0.2, 0.25) is 0 Å². The van der Waals surface area contributed by atoms with Crippen LogP contribution in [-0.4, -0.2) is 60.3 Å². The van der Waals surface area contributed by atoms with Gasteiger partial charge in [-0.15, -0.1) is 0 Å². The van der Waals surface area contributed by atoms with Gasteiger partial charge in [-0.1, -0.05) is 11.3 Å². The van der Waals surface area contributed by atoms with Crippen molar-refractivity contribution in [3.05, 3.63) is 40.7 Å². The number of ether oxygens (including phenoxy) is 1. The molecule has 2 aliphatic heterocycles. The van der Waals surface area contributed by atoms with Crippen molar-refractivity contribution >= 4 is 38.5 Å². The lowest BCUT2D eigenvalue weighted by atomic mass is 10.2. The molecule has 1 N–H and O–H groups in total. The van der Waals surface area contributed by atoms with Crippen molar-refractivity contribution < 1.29 is 27.1 Å². The summed E-state index contributed by atoms with van der Waals surface area (Å²) in [5, 5.41) is 3.11. The van der Waals surface area contributed by atoms with Gasteiger partial charge in [0.15, 0.2) is 5.13 Å². The molecule has 3 heterocycles. The fourth-order valence-electron chi connectivity index (χ4n) is 3.84. The van der Waals surface area contributed by atoms with E-state index < -0.39 is 27.8 Å². The summed E-state index contributed by atoms with van der Waals surface area (Å²) in [6.07, 6.45) is 1.09. The Bertz CT molecular complexity index is 1120. The number of carbonyl (C=O) groups is 2. The first-order valence-electron chi connectivity index (χ1n) is 10.3. The SMILES string of the molecule is CCOC(=O)N1CCc2nc(NC(=O)C3CCCN3S(=O)(=O)c3ccc(F)cc3)sc2C1. The number of halogens is 1. The lowest BCUT2D eigenvalue weighted by molar-refractivity contribution is -0.119. The van der Waals surface area contributed by atoms with Crippen LogP contribution in [0.3, 0.4) is 0 Å². The maximum Gasteiger partial charge on any atom is 0.410 e. The van der Waals surface area contributed by atoms with Crippen LogP contribution < -0.4 is 5.32 Å². The molecule has 4 rings (SSSR count). The molecule has 172 valence electrons. The summed E-state index contributed by atoms with van der Waals surface area (Å²) in [5.74, 6) is -0.990. The minimum Gasteiger partial charge on any atom is -0.450 e. The van der Waals surface area contributed by atoms with E-state index in [9.17, 15) is 22.4 Å². The topological polar surface area (TPSA) is 109 Å². The number of sulfonamides is 1. The standard InChI is InChI=1S/C20H23FN4O5S2/c1-2-30-20(27)24-11-9-15-17(12-24)31-19(22-15)23-18(26)16-4-3-10-25(16)32(28,29)14-7-5-13(21)6-8-14/h5-8,16H,2-4,9-12H2,1H3,(H,22,23,26). The molecule has 2 amide bonds. The molecule has 0 radical (unpaired) electrons. The van der Waals surface area contributed by atoms with Crippen LogP contribution in [0.15, 0.2) is 29.2 Å². The van der Waals surface area contributed by atoms with Crippen molar-refractivity contribution in [2.75, 3.05) is 25.0 Å². The van der Waals surface area contributed by atoms with E-state index in [2.05, 4.69) is 10.3 Å². The largest absolute Gasteiger partial charge is 0.450 e. The molecular formula is C20H23FN4O5S2. The molecule has 0 saturated carbocycles. The molecule has 0 bridgehead atoms. The van der Waals surface area contributed by atoms with Gasteiger partial charge >= 0.3 is 6.09 Å². The third kappa shape index (κ3) is 4.48. The van der Waals surface area contributed by atoms with E-state index in [-0.39, 0.29) is 17.5 Å². The first-order chi connectivity index (χ1) is 15.3. The monoisotopic (exact) mass is 482 g/mol. The zero-order valence-electron chi connectivity index (χ0n) is 17.4. The van der Waals surface area contributed by atoms with Crippen LogP contribution in [0, 0.1) is 5.82 Å². The summed E-state index contributed by atoms with van der Waals surface area (Å²) in [7, 11) is -3.94. The van der Waals surface area contributed by atoms with Gasteiger partial charge in [0.2, 0.25) is 15.9 Å². The van der Waals surface area contributed by atoms with Gasteiger partial charge in [0.1, 0.15) is 11.9 Å². The molecule has 2 aromatic rings. The van der Waals surface area contributed by atoms with Gasteiger partial charge in [0.05, 0.1) is 23.7 Å². The average molecular weight is 483 g/mol. The highest BCUT2D eigenvalue weighted by molar-refractivity contribution is 7.89. The molecule has 1 atom stereocenters. The Morgan fingerprint density at radius 2 is 2.03 bits per heavy atom. The van der Waals surface area contributed by atoms with Crippen molar-refractivity contribution in [3.8, 4) is 0 Å². The summed E-state index contributed by atoms with van der Waals surface area (Å²) >= 11 is 1.27. The summed E-state index contributed by atoms with van der Waals surface area (Å²) in [6, 6.07) is 3.68. The molecule has 0 aliphatic carbocycles. The Kier molecular flexibility index (Phi) is 6.45. The van der Waals surface area contributed by atoms with E-state index in [0.29, 0.717) is 44.1 Å². The molecule has 1 fully saturated rings. The molecule has 1 aromatic carbocycles. The minimum absolute atomic E-state index is 0.0534. The number of amides is 2. The van der Waals surface area contributed by atoms with Crippen LogP contribution in [0.5, 0.6) is 0 Å². The molecule has 1 aromatic heterocycles. The second-order valence-corrected chi connectivity index (χ2v) is 10.5. The Hall–Kier alpha value is -2.57. The van der Waals surface area contributed by atoms with Gasteiger partial charge in [-0.05, 0) is 44.0 Å². The van der Waals surface area contributed by atoms with Gasteiger partial charge in [-0.25, -0.2) is 22.6 Å². The molecule has 9 nitrogen and oxygen atoms in total. The first-order valence-corrected chi connectivity index (χ1v) is 12.5. The van der Waals surface area contributed by atoms with Crippen LogP contribution in [0.1, 0.15) is 30.3 Å². The Balaban J connectivity index is 1.46. The first kappa shape index (κ1) is 22.6. The van der Waals surface area contributed by atoms with E-state index in [4.69, 9.17) is 4.74 Å². The number of aromatic nitrogens is 1. The summed E-state index contributed by atoms with van der Waals surface area (Å²) in [6.45, 7) is 3.09. The van der Waals surface area contributed by atoms with Crippen molar-refractivity contribution in [2.24, 2.45) is 0 Å². The fourth-order valence-corrected chi connectivity index (χ4v) is 6.52. The molecule has 2 aliphatic rings. The van der Waals surface area contributed by atoms with Gasteiger partial charge in [0, 0.05) is 24.4 Å². The van der Waals surface area contributed by atoms with Crippen molar-refractivity contribution in [1.82, 2.24) is 14.2 Å². The van der Waals surface area contributed by atoms with Crippen molar-refractivity contribution in [2.45, 2.75) is 43.7 Å². The molecule has 0 spiro atoms. The summed E-state index contributed by atoms with van der Waals surface area (Å²) < 4.78 is 45.4. The zero-order chi connectivity index (χ0) is 22.9. The number of nitrogens with zero attached hydrogens (tertiary/aromatic N) is 3. The van der Waals surface area contributed by atoms with Gasteiger partial charge in [-0.2, -0.15) is 4.31 Å². The second-order valence-electron chi connectivity index (χ2n) is 7.48. The molecule has 12 heteroatoms. The van der Waals surface area contributed by atoms with Crippen LogP contribution in [-0.2, 0) is 32.5 Å². The number of hydrogen-bond acceptors (Lipinski definition) is 7. The third-order valence-corrected chi connectivity index (χ3v) is 8.33. The van der Waals surface area contributed by atoms with Crippen LogP contribution in [0.25, 0.3) is 0 Å². The number of benzene rings is 1. The summed E-state index contributed by atoms with van der Waals surface area (Å²) in [4.78, 5) is 31.8. The molecular weight excluding hydrogens is 459 g/mol.